The van der Waals surface area contributed by atoms with Crippen LogP contribution in [0.25, 0.3) is 0 Å². The summed E-state index contributed by atoms with van der Waals surface area (Å²) in [7, 11) is 0. The van der Waals surface area contributed by atoms with Crippen molar-refractivity contribution in [1.82, 2.24) is 0 Å². The minimum absolute atomic E-state index is 0.152. The fourth-order valence-corrected chi connectivity index (χ4v) is 1.63. The second-order valence-electron chi connectivity index (χ2n) is 3.94. The molecule has 0 aliphatic rings. The molecule has 0 saturated heterocycles. The molecule has 0 heterocycles. The molecule has 0 spiro atoms. The molecule has 0 aliphatic heterocycles. The number of halogens is 3. The topological polar surface area (TPSA) is 83.5 Å². The lowest BCUT2D eigenvalue weighted by Crippen LogP contribution is -2.33. The van der Waals surface area contributed by atoms with Crippen LogP contribution in [0.1, 0.15) is 16.7 Å². The maximum atomic E-state index is 12.8. The van der Waals surface area contributed by atoms with Gasteiger partial charge in [-0.1, -0.05) is 0 Å². The Bertz CT molecular complexity index is 471. The van der Waals surface area contributed by atoms with Gasteiger partial charge in [-0.15, -0.1) is 0 Å². The van der Waals surface area contributed by atoms with Crippen LogP contribution in [-0.4, -0.2) is 22.2 Å². The fourth-order valence-electron chi connectivity index (χ4n) is 1.63. The molecule has 0 amide bonds. The highest BCUT2D eigenvalue weighted by Crippen LogP contribution is 2.36. The molecule has 1 atom stereocenters. The van der Waals surface area contributed by atoms with Crippen LogP contribution in [0, 0.1) is 6.92 Å². The zero-order valence-corrected chi connectivity index (χ0v) is 9.45. The zero-order valence-electron chi connectivity index (χ0n) is 9.45. The van der Waals surface area contributed by atoms with E-state index in [9.17, 15) is 23.1 Å². The number of aromatic hydroxyl groups is 1. The number of hydrogen-bond acceptors (Lipinski definition) is 3. The quantitative estimate of drug-likeness (QED) is 0.774. The number of carboxylic acids is 1. The van der Waals surface area contributed by atoms with Crippen molar-refractivity contribution in [2.24, 2.45) is 5.73 Å². The molecule has 0 fully saturated rings. The van der Waals surface area contributed by atoms with Crippen molar-refractivity contribution in [2.75, 3.05) is 0 Å². The van der Waals surface area contributed by atoms with E-state index in [1.54, 1.807) is 0 Å². The van der Waals surface area contributed by atoms with Crippen molar-refractivity contribution in [3.63, 3.8) is 0 Å². The van der Waals surface area contributed by atoms with Crippen LogP contribution < -0.4 is 5.73 Å². The summed E-state index contributed by atoms with van der Waals surface area (Å²) in [5.41, 5.74) is 4.12. The van der Waals surface area contributed by atoms with Gasteiger partial charge in [-0.2, -0.15) is 13.2 Å². The molecule has 4 nitrogen and oxygen atoms in total. The number of nitrogens with two attached hydrogens (primary N) is 1. The Kier molecular flexibility index (Phi) is 3.85. The molecular formula is C11H12F3NO3. The molecule has 0 radical (unpaired) electrons. The minimum Gasteiger partial charge on any atom is -0.508 e. The lowest BCUT2D eigenvalue weighted by Gasteiger charge is -2.17. The SMILES string of the molecule is Cc1cc(O)cc(C(F)(F)F)c1CC(N)C(=O)O. The number of carbonyl (C=O) groups is 1. The Hall–Kier alpha value is -1.76. The predicted molar refractivity (Wildman–Crippen MR) is 57.2 cm³/mol. The maximum Gasteiger partial charge on any atom is 0.416 e. The van der Waals surface area contributed by atoms with E-state index >= 15 is 0 Å². The van der Waals surface area contributed by atoms with Crippen molar-refractivity contribution in [1.29, 1.82) is 0 Å². The Morgan fingerprint density at radius 2 is 2.00 bits per heavy atom. The van der Waals surface area contributed by atoms with Crippen LogP contribution >= 0.6 is 0 Å². The lowest BCUT2D eigenvalue weighted by molar-refractivity contribution is -0.141. The molecule has 0 saturated carbocycles. The summed E-state index contributed by atoms with van der Waals surface area (Å²) in [6.45, 7) is 1.36. The van der Waals surface area contributed by atoms with E-state index in [-0.39, 0.29) is 11.1 Å². The van der Waals surface area contributed by atoms with Gasteiger partial charge < -0.3 is 15.9 Å². The van der Waals surface area contributed by atoms with Gasteiger partial charge in [0.05, 0.1) is 5.56 Å². The van der Waals surface area contributed by atoms with Gasteiger partial charge >= 0.3 is 12.1 Å². The number of phenols is 1. The second kappa shape index (κ2) is 4.85. The predicted octanol–water partition coefficient (Wildman–Crippen LogP) is 1.67. The Labute approximate surface area is 101 Å². The normalized spacial score (nSPS) is 13.4. The van der Waals surface area contributed by atoms with Gasteiger partial charge in [-0.3, -0.25) is 4.79 Å². The molecule has 100 valence electrons. The maximum absolute atomic E-state index is 12.8. The van der Waals surface area contributed by atoms with Crippen molar-refractivity contribution in [3.8, 4) is 5.75 Å². The summed E-state index contributed by atoms with van der Waals surface area (Å²) in [5.74, 6) is -1.90. The number of benzene rings is 1. The van der Waals surface area contributed by atoms with Crippen LogP contribution in [-0.2, 0) is 17.4 Å². The van der Waals surface area contributed by atoms with E-state index in [4.69, 9.17) is 10.8 Å². The number of rotatable bonds is 3. The molecule has 18 heavy (non-hydrogen) atoms. The van der Waals surface area contributed by atoms with Crippen molar-refractivity contribution in [3.05, 3.63) is 28.8 Å². The molecule has 7 heteroatoms. The van der Waals surface area contributed by atoms with E-state index < -0.39 is 35.9 Å². The first-order valence-electron chi connectivity index (χ1n) is 5.01. The summed E-state index contributed by atoms with van der Waals surface area (Å²) < 4.78 is 38.3. The molecule has 1 aromatic rings. The highest BCUT2D eigenvalue weighted by Gasteiger charge is 2.35. The molecule has 1 rings (SSSR count). The number of carboxylic acid groups (broad SMARTS) is 1. The van der Waals surface area contributed by atoms with Gasteiger partial charge in [0.2, 0.25) is 0 Å². The standard InChI is InChI=1S/C11H12F3NO3/c1-5-2-6(16)3-8(11(12,13)14)7(5)4-9(15)10(17)18/h2-3,9,16H,4,15H2,1H3,(H,17,18). The molecule has 1 aromatic carbocycles. The Balaban J connectivity index is 3.29. The van der Waals surface area contributed by atoms with Gasteiger partial charge in [-0.25, -0.2) is 0 Å². The number of aryl methyl sites for hydroxylation is 1. The highest BCUT2D eigenvalue weighted by atomic mass is 19.4. The number of phenolic OH excluding ortho intramolecular Hbond substituents is 1. The summed E-state index contributed by atoms with van der Waals surface area (Å²) in [5, 5.41) is 17.8. The van der Waals surface area contributed by atoms with E-state index in [0.29, 0.717) is 6.07 Å². The average molecular weight is 263 g/mol. The lowest BCUT2D eigenvalue weighted by atomic mass is 9.95. The zero-order chi connectivity index (χ0) is 14.1. The molecule has 1 unspecified atom stereocenters. The number of hydrogen-bond donors (Lipinski definition) is 3. The Morgan fingerprint density at radius 1 is 1.44 bits per heavy atom. The van der Waals surface area contributed by atoms with Gasteiger partial charge in [0.25, 0.3) is 0 Å². The third kappa shape index (κ3) is 3.13. The molecule has 4 N–H and O–H groups in total. The van der Waals surface area contributed by atoms with Gasteiger partial charge in [0.1, 0.15) is 11.8 Å². The second-order valence-corrected chi connectivity index (χ2v) is 3.94. The number of aliphatic carboxylic acids is 1. The van der Waals surface area contributed by atoms with Gasteiger partial charge in [-0.05, 0) is 36.6 Å². The third-order valence-electron chi connectivity index (χ3n) is 2.50. The monoisotopic (exact) mass is 263 g/mol. The fraction of sp³-hybridized carbons (Fsp3) is 0.364. The molecule has 0 aliphatic carbocycles. The molecule has 0 aromatic heterocycles. The van der Waals surface area contributed by atoms with Gasteiger partial charge in [0, 0.05) is 0 Å². The van der Waals surface area contributed by atoms with Crippen molar-refractivity contribution >= 4 is 5.97 Å². The van der Waals surface area contributed by atoms with E-state index in [1.807, 2.05) is 0 Å². The smallest absolute Gasteiger partial charge is 0.416 e. The molecular weight excluding hydrogens is 251 g/mol. The highest BCUT2D eigenvalue weighted by molar-refractivity contribution is 5.73. The average Bonchev–Trinajstić information content (AvgIpc) is 2.19. The first-order valence-corrected chi connectivity index (χ1v) is 5.01. The largest absolute Gasteiger partial charge is 0.508 e. The first-order chi connectivity index (χ1) is 8.12. The van der Waals surface area contributed by atoms with Crippen molar-refractivity contribution in [2.45, 2.75) is 25.6 Å². The minimum atomic E-state index is -4.67. The summed E-state index contributed by atoms with van der Waals surface area (Å²) in [4.78, 5) is 10.6. The molecule has 0 bridgehead atoms. The van der Waals surface area contributed by atoms with E-state index in [1.165, 1.54) is 6.92 Å². The van der Waals surface area contributed by atoms with Crippen LogP contribution in [0.15, 0.2) is 12.1 Å². The third-order valence-corrected chi connectivity index (χ3v) is 2.50. The van der Waals surface area contributed by atoms with Crippen LogP contribution in [0.4, 0.5) is 13.2 Å². The van der Waals surface area contributed by atoms with Gasteiger partial charge in [0.15, 0.2) is 0 Å². The first kappa shape index (κ1) is 14.3. The Morgan fingerprint density at radius 3 is 2.44 bits per heavy atom. The number of alkyl halides is 3. The van der Waals surface area contributed by atoms with E-state index in [0.717, 1.165) is 6.07 Å². The van der Waals surface area contributed by atoms with Crippen LogP contribution in [0.3, 0.4) is 0 Å². The van der Waals surface area contributed by atoms with Crippen LogP contribution in [0.2, 0.25) is 0 Å². The van der Waals surface area contributed by atoms with E-state index in [2.05, 4.69) is 0 Å². The van der Waals surface area contributed by atoms with Crippen molar-refractivity contribution < 1.29 is 28.2 Å². The van der Waals surface area contributed by atoms with Crippen LogP contribution in [0.5, 0.6) is 5.75 Å². The summed E-state index contributed by atoms with van der Waals surface area (Å²) >= 11 is 0. The summed E-state index contributed by atoms with van der Waals surface area (Å²) in [6.07, 6.45) is -5.12. The summed E-state index contributed by atoms with van der Waals surface area (Å²) in [6, 6.07) is 0.283.